The molecule has 1 saturated carbocycles. The Morgan fingerprint density at radius 2 is 2.08 bits per heavy atom. The molecule has 1 aliphatic heterocycles. The lowest BCUT2D eigenvalue weighted by Crippen LogP contribution is -2.50. The Labute approximate surface area is 152 Å². The minimum Gasteiger partial charge on any atom is -0.351 e. The van der Waals surface area contributed by atoms with Gasteiger partial charge in [0.2, 0.25) is 5.91 Å². The SMILES string of the molecule is Cn1ccnc(N2CCCC(NC(=O)C3CC3c3ccccc3)C2)c1=O. The molecule has 0 spiro atoms. The third-order valence-electron chi connectivity index (χ3n) is 5.42. The average molecular weight is 352 g/mol. The van der Waals surface area contributed by atoms with Crippen LogP contribution in [0, 0.1) is 5.92 Å². The molecule has 1 amide bonds. The summed E-state index contributed by atoms with van der Waals surface area (Å²) in [6.45, 7) is 1.44. The molecule has 2 aliphatic rings. The number of carbonyl (C=O) groups excluding carboxylic acids is 1. The third-order valence-corrected chi connectivity index (χ3v) is 5.42. The fourth-order valence-corrected chi connectivity index (χ4v) is 3.85. The number of piperidine rings is 1. The fraction of sp³-hybridized carbons (Fsp3) is 0.450. The maximum absolute atomic E-state index is 12.6. The molecule has 1 aromatic heterocycles. The first kappa shape index (κ1) is 16.8. The Bertz CT molecular complexity index is 848. The molecule has 4 rings (SSSR count). The highest BCUT2D eigenvalue weighted by molar-refractivity contribution is 5.83. The van der Waals surface area contributed by atoms with Gasteiger partial charge in [0.1, 0.15) is 0 Å². The first-order valence-electron chi connectivity index (χ1n) is 9.25. The highest BCUT2D eigenvalue weighted by atomic mass is 16.2. The van der Waals surface area contributed by atoms with E-state index < -0.39 is 0 Å². The first-order valence-corrected chi connectivity index (χ1v) is 9.25. The van der Waals surface area contributed by atoms with Crippen molar-refractivity contribution >= 4 is 11.7 Å². The largest absolute Gasteiger partial charge is 0.351 e. The van der Waals surface area contributed by atoms with Crippen LogP contribution < -0.4 is 15.8 Å². The van der Waals surface area contributed by atoms with Gasteiger partial charge in [0.15, 0.2) is 5.82 Å². The van der Waals surface area contributed by atoms with Crippen LogP contribution >= 0.6 is 0 Å². The minimum absolute atomic E-state index is 0.0694. The van der Waals surface area contributed by atoms with Crippen molar-refractivity contribution in [2.75, 3.05) is 18.0 Å². The van der Waals surface area contributed by atoms with E-state index in [1.165, 1.54) is 5.56 Å². The molecular weight excluding hydrogens is 328 g/mol. The van der Waals surface area contributed by atoms with Crippen LogP contribution in [0.3, 0.4) is 0 Å². The Morgan fingerprint density at radius 1 is 1.27 bits per heavy atom. The van der Waals surface area contributed by atoms with Crippen LogP contribution in [0.15, 0.2) is 47.5 Å². The topological polar surface area (TPSA) is 67.2 Å². The van der Waals surface area contributed by atoms with Gasteiger partial charge in [-0.05, 0) is 30.7 Å². The van der Waals surface area contributed by atoms with E-state index in [0.29, 0.717) is 18.3 Å². The zero-order chi connectivity index (χ0) is 18.1. The Balaban J connectivity index is 1.38. The van der Waals surface area contributed by atoms with Gasteiger partial charge in [0, 0.05) is 44.5 Å². The van der Waals surface area contributed by atoms with E-state index in [4.69, 9.17) is 0 Å². The maximum Gasteiger partial charge on any atom is 0.293 e. The second-order valence-corrected chi connectivity index (χ2v) is 7.32. The molecule has 136 valence electrons. The van der Waals surface area contributed by atoms with Crippen LogP contribution in [0.1, 0.15) is 30.7 Å². The van der Waals surface area contributed by atoms with Gasteiger partial charge in [-0.2, -0.15) is 0 Å². The van der Waals surface area contributed by atoms with E-state index in [0.717, 1.165) is 25.8 Å². The van der Waals surface area contributed by atoms with Gasteiger partial charge in [-0.25, -0.2) is 4.98 Å². The molecule has 3 atom stereocenters. The van der Waals surface area contributed by atoms with Crippen molar-refractivity contribution in [1.82, 2.24) is 14.9 Å². The summed E-state index contributed by atoms with van der Waals surface area (Å²) in [5, 5.41) is 3.20. The summed E-state index contributed by atoms with van der Waals surface area (Å²) in [5.41, 5.74) is 1.15. The van der Waals surface area contributed by atoms with Crippen molar-refractivity contribution in [3.8, 4) is 0 Å². The van der Waals surface area contributed by atoms with Crippen LogP contribution in [-0.4, -0.2) is 34.6 Å². The summed E-state index contributed by atoms with van der Waals surface area (Å²) < 4.78 is 1.54. The number of amides is 1. The summed E-state index contributed by atoms with van der Waals surface area (Å²) >= 11 is 0. The number of anilines is 1. The number of nitrogens with one attached hydrogen (secondary N) is 1. The Kier molecular flexibility index (Phi) is 4.49. The highest BCUT2D eigenvalue weighted by Gasteiger charge is 2.44. The van der Waals surface area contributed by atoms with Gasteiger partial charge >= 0.3 is 0 Å². The molecule has 2 aromatic rings. The average Bonchev–Trinajstić information content (AvgIpc) is 3.46. The molecule has 2 heterocycles. The number of aromatic nitrogens is 2. The van der Waals surface area contributed by atoms with Crippen molar-refractivity contribution in [2.45, 2.75) is 31.2 Å². The third kappa shape index (κ3) is 3.36. The minimum atomic E-state index is -0.0918. The Morgan fingerprint density at radius 3 is 2.88 bits per heavy atom. The number of nitrogens with zero attached hydrogens (tertiary/aromatic N) is 3. The number of hydrogen-bond acceptors (Lipinski definition) is 4. The van der Waals surface area contributed by atoms with E-state index in [1.807, 2.05) is 23.1 Å². The summed E-state index contributed by atoms with van der Waals surface area (Å²) in [6.07, 6.45) is 6.11. The van der Waals surface area contributed by atoms with Gasteiger partial charge in [-0.3, -0.25) is 9.59 Å². The summed E-state index contributed by atoms with van der Waals surface area (Å²) in [7, 11) is 1.73. The molecule has 0 radical (unpaired) electrons. The summed E-state index contributed by atoms with van der Waals surface area (Å²) in [4.78, 5) is 31.2. The molecule has 1 saturated heterocycles. The van der Waals surface area contributed by atoms with Crippen LogP contribution in [0.25, 0.3) is 0 Å². The monoisotopic (exact) mass is 352 g/mol. The van der Waals surface area contributed by atoms with Crippen molar-refractivity contribution < 1.29 is 4.79 Å². The van der Waals surface area contributed by atoms with Crippen molar-refractivity contribution in [3.63, 3.8) is 0 Å². The van der Waals surface area contributed by atoms with Gasteiger partial charge in [0.05, 0.1) is 0 Å². The number of aryl methyl sites for hydroxylation is 1. The molecule has 1 aromatic carbocycles. The van der Waals surface area contributed by atoms with E-state index in [9.17, 15) is 9.59 Å². The van der Waals surface area contributed by atoms with Gasteiger partial charge in [-0.15, -0.1) is 0 Å². The predicted octanol–water partition coefficient (Wildman–Crippen LogP) is 1.67. The zero-order valence-corrected chi connectivity index (χ0v) is 15.0. The second kappa shape index (κ2) is 6.94. The molecule has 0 bridgehead atoms. The van der Waals surface area contributed by atoms with Crippen molar-refractivity contribution in [3.05, 3.63) is 58.6 Å². The first-order chi connectivity index (χ1) is 12.6. The molecule has 26 heavy (non-hydrogen) atoms. The Hall–Kier alpha value is -2.63. The van der Waals surface area contributed by atoms with Crippen molar-refractivity contribution in [1.29, 1.82) is 0 Å². The standard InChI is InChI=1S/C20H24N4O2/c1-23-11-9-21-18(20(23)26)24-10-5-8-15(13-24)22-19(25)17-12-16(17)14-6-3-2-4-7-14/h2-4,6-7,9,11,15-17H,5,8,10,12-13H2,1H3,(H,22,25). The zero-order valence-electron chi connectivity index (χ0n) is 15.0. The smallest absolute Gasteiger partial charge is 0.293 e. The predicted molar refractivity (Wildman–Crippen MR) is 100 cm³/mol. The number of carbonyl (C=O) groups is 1. The lowest BCUT2D eigenvalue weighted by molar-refractivity contribution is -0.123. The lowest BCUT2D eigenvalue weighted by atomic mass is 10.0. The van der Waals surface area contributed by atoms with Gasteiger partial charge in [0.25, 0.3) is 5.56 Å². The maximum atomic E-state index is 12.6. The number of hydrogen-bond donors (Lipinski definition) is 1. The van der Waals surface area contributed by atoms with E-state index in [1.54, 1.807) is 24.0 Å². The highest BCUT2D eigenvalue weighted by Crippen LogP contribution is 2.47. The van der Waals surface area contributed by atoms with Crippen LogP contribution in [0.5, 0.6) is 0 Å². The second-order valence-electron chi connectivity index (χ2n) is 7.32. The quantitative estimate of drug-likeness (QED) is 0.909. The van der Waals surface area contributed by atoms with Crippen LogP contribution in [0.2, 0.25) is 0 Å². The van der Waals surface area contributed by atoms with E-state index in [2.05, 4.69) is 22.4 Å². The fourth-order valence-electron chi connectivity index (χ4n) is 3.85. The van der Waals surface area contributed by atoms with Crippen LogP contribution in [-0.2, 0) is 11.8 Å². The van der Waals surface area contributed by atoms with Gasteiger partial charge < -0.3 is 14.8 Å². The van der Waals surface area contributed by atoms with Crippen LogP contribution in [0.4, 0.5) is 5.82 Å². The molecule has 6 heteroatoms. The molecular formula is C20H24N4O2. The number of rotatable bonds is 4. The molecule has 3 unspecified atom stereocenters. The summed E-state index contributed by atoms with van der Waals surface area (Å²) in [5.74, 6) is 1.04. The van der Waals surface area contributed by atoms with Gasteiger partial charge in [-0.1, -0.05) is 30.3 Å². The molecule has 2 fully saturated rings. The molecule has 1 N–H and O–H groups in total. The molecule has 6 nitrogen and oxygen atoms in total. The number of benzene rings is 1. The van der Waals surface area contributed by atoms with E-state index in [-0.39, 0.29) is 23.4 Å². The lowest BCUT2D eigenvalue weighted by Gasteiger charge is -2.33. The molecule has 1 aliphatic carbocycles. The van der Waals surface area contributed by atoms with E-state index >= 15 is 0 Å². The van der Waals surface area contributed by atoms with Crippen molar-refractivity contribution in [2.24, 2.45) is 13.0 Å². The normalized spacial score (nSPS) is 25.0. The summed E-state index contributed by atoms with van der Waals surface area (Å²) in [6, 6.07) is 10.3.